The number of fused-ring (bicyclic) bond motifs is 5. The number of ether oxygens (including phenoxy) is 2. The predicted octanol–water partition coefficient (Wildman–Crippen LogP) is 4.24. The minimum atomic E-state index is -0.245. The van der Waals surface area contributed by atoms with E-state index in [1.54, 1.807) is 0 Å². The van der Waals surface area contributed by atoms with Gasteiger partial charge in [0.25, 0.3) is 0 Å². The molecule has 29 heavy (non-hydrogen) atoms. The van der Waals surface area contributed by atoms with Gasteiger partial charge in [-0.1, -0.05) is 25.5 Å². The Morgan fingerprint density at radius 2 is 1.83 bits per heavy atom. The third kappa shape index (κ3) is 3.25. The molecule has 0 aromatic heterocycles. The van der Waals surface area contributed by atoms with Crippen LogP contribution in [-0.4, -0.2) is 30.4 Å². The van der Waals surface area contributed by atoms with Crippen molar-refractivity contribution < 1.29 is 23.9 Å². The standard InChI is InChI=1S/C24H34O5/c1-14(26)28-18-7-9-23(3)17(12-18)5-6-19-20(23)8-10-24(4)21(29-15(2)27)11-16(13-25)22(19)24/h5,13,16,18-22H,6-12H2,1-4H3/t16-,18+,19-,20+,21+,22+,23+,24-/m1/s1. The van der Waals surface area contributed by atoms with E-state index in [9.17, 15) is 14.4 Å². The number of hydrogen-bond donors (Lipinski definition) is 0. The lowest BCUT2D eigenvalue weighted by Gasteiger charge is -2.58. The topological polar surface area (TPSA) is 69.7 Å². The van der Waals surface area contributed by atoms with Gasteiger partial charge in [-0.25, -0.2) is 0 Å². The molecule has 4 rings (SSSR count). The summed E-state index contributed by atoms with van der Waals surface area (Å²) < 4.78 is 11.2. The first-order valence-corrected chi connectivity index (χ1v) is 11.2. The molecule has 0 N–H and O–H groups in total. The van der Waals surface area contributed by atoms with E-state index >= 15 is 0 Å². The number of rotatable bonds is 3. The van der Waals surface area contributed by atoms with Crippen molar-refractivity contribution in [1.29, 1.82) is 0 Å². The Morgan fingerprint density at radius 1 is 1.10 bits per heavy atom. The van der Waals surface area contributed by atoms with Crippen LogP contribution in [0.1, 0.15) is 72.6 Å². The molecule has 5 nitrogen and oxygen atoms in total. The molecular weight excluding hydrogens is 368 g/mol. The van der Waals surface area contributed by atoms with Gasteiger partial charge in [0, 0.05) is 31.6 Å². The smallest absolute Gasteiger partial charge is 0.302 e. The molecule has 0 unspecified atom stereocenters. The molecule has 0 aromatic carbocycles. The zero-order chi connectivity index (χ0) is 21.0. The van der Waals surface area contributed by atoms with E-state index in [2.05, 4.69) is 19.9 Å². The number of hydrogen-bond acceptors (Lipinski definition) is 5. The second-order valence-electron chi connectivity index (χ2n) is 10.3. The minimum absolute atomic E-state index is 0.000201. The maximum Gasteiger partial charge on any atom is 0.302 e. The molecule has 160 valence electrons. The summed E-state index contributed by atoms with van der Waals surface area (Å²) in [6, 6.07) is 0. The van der Waals surface area contributed by atoms with Crippen LogP contribution in [0, 0.1) is 34.5 Å². The summed E-state index contributed by atoms with van der Waals surface area (Å²) in [7, 11) is 0. The fraction of sp³-hybridized carbons (Fsp3) is 0.792. The highest BCUT2D eigenvalue weighted by molar-refractivity contribution is 5.67. The fourth-order valence-electron chi connectivity index (χ4n) is 7.61. The Balaban J connectivity index is 1.62. The average Bonchev–Trinajstić information content (AvgIpc) is 2.93. The lowest BCUT2D eigenvalue weighted by molar-refractivity contribution is -0.157. The van der Waals surface area contributed by atoms with Gasteiger partial charge >= 0.3 is 11.9 Å². The fourth-order valence-corrected chi connectivity index (χ4v) is 7.61. The second kappa shape index (κ2) is 7.24. The first kappa shape index (κ1) is 20.6. The normalized spacial score (nSPS) is 45.9. The Labute approximate surface area is 173 Å². The third-order valence-electron chi connectivity index (χ3n) is 8.85. The van der Waals surface area contributed by atoms with Gasteiger partial charge in [-0.2, -0.15) is 0 Å². The summed E-state index contributed by atoms with van der Waals surface area (Å²) in [6.45, 7) is 7.58. The highest BCUT2D eigenvalue weighted by atomic mass is 16.5. The molecule has 0 saturated heterocycles. The predicted molar refractivity (Wildman–Crippen MR) is 108 cm³/mol. The van der Waals surface area contributed by atoms with Crippen molar-refractivity contribution in [3.8, 4) is 0 Å². The van der Waals surface area contributed by atoms with Crippen LogP contribution in [0.25, 0.3) is 0 Å². The summed E-state index contributed by atoms with van der Waals surface area (Å²) in [4.78, 5) is 35.1. The van der Waals surface area contributed by atoms with Crippen molar-refractivity contribution in [2.75, 3.05) is 0 Å². The van der Waals surface area contributed by atoms with Crippen LogP contribution in [0.2, 0.25) is 0 Å². The zero-order valence-electron chi connectivity index (χ0n) is 18.1. The largest absolute Gasteiger partial charge is 0.462 e. The number of esters is 2. The molecule has 4 aliphatic rings. The lowest BCUT2D eigenvalue weighted by atomic mass is 9.47. The van der Waals surface area contributed by atoms with Crippen molar-refractivity contribution in [1.82, 2.24) is 0 Å². The summed E-state index contributed by atoms with van der Waals surface area (Å²) in [5.41, 5.74) is 1.44. The number of carbonyl (C=O) groups excluding carboxylic acids is 3. The summed E-state index contributed by atoms with van der Waals surface area (Å²) >= 11 is 0. The lowest BCUT2D eigenvalue weighted by Crippen LogP contribution is -2.52. The van der Waals surface area contributed by atoms with Crippen LogP contribution < -0.4 is 0 Å². The maximum absolute atomic E-state index is 12.0. The first-order valence-electron chi connectivity index (χ1n) is 11.2. The zero-order valence-corrected chi connectivity index (χ0v) is 18.1. The quantitative estimate of drug-likeness (QED) is 0.401. The molecule has 0 radical (unpaired) electrons. The number of allylic oxidation sites excluding steroid dienone is 1. The molecule has 0 aliphatic heterocycles. The van der Waals surface area contributed by atoms with Gasteiger partial charge in [0.05, 0.1) is 0 Å². The maximum atomic E-state index is 12.0. The molecule has 0 heterocycles. The first-order chi connectivity index (χ1) is 13.7. The van der Waals surface area contributed by atoms with Crippen molar-refractivity contribution >= 4 is 18.2 Å². The van der Waals surface area contributed by atoms with E-state index in [-0.39, 0.29) is 46.8 Å². The van der Waals surface area contributed by atoms with E-state index in [0.29, 0.717) is 18.3 Å². The van der Waals surface area contributed by atoms with Crippen LogP contribution in [0.3, 0.4) is 0 Å². The molecule has 8 atom stereocenters. The van der Waals surface area contributed by atoms with Crippen molar-refractivity contribution in [3.63, 3.8) is 0 Å². The van der Waals surface area contributed by atoms with Crippen molar-refractivity contribution in [3.05, 3.63) is 11.6 Å². The van der Waals surface area contributed by atoms with E-state index < -0.39 is 0 Å². The molecule has 3 fully saturated rings. The highest BCUT2D eigenvalue weighted by Crippen LogP contribution is 2.66. The van der Waals surface area contributed by atoms with Gasteiger partial charge in [0.15, 0.2) is 0 Å². The van der Waals surface area contributed by atoms with Crippen LogP contribution in [-0.2, 0) is 23.9 Å². The molecule has 0 bridgehead atoms. The van der Waals surface area contributed by atoms with Crippen LogP contribution in [0.15, 0.2) is 11.6 Å². The molecule has 0 spiro atoms. The van der Waals surface area contributed by atoms with E-state index in [1.807, 2.05) is 0 Å². The Morgan fingerprint density at radius 3 is 2.48 bits per heavy atom. The monoisotopic (exact) mass is 402 g/mol. The molecular formula is C24H34O5. The van der Waals surface area contributed by atoms with Gasteiger partial charge in [-0.15, -0.1) is 0 Å². The van der Waals surface area contributed by atoms with E-state index in [4.69, 9.17) is 9.47 Å². The van der Waals surface area contributed by atoms with Crippen LogP contribution in [0.5, 0.6) is 0 Å². The second-order valence-corrected chi connectivity index (χ2v) is 10.3. The molecule has 4 aliphatic carbocycles. The minimum Gasteiger partial charge on any atom is -0.462 e. The van der Waals surface area contributed by atoms with Gasteiger partial charge in [-0.05, 0) is 61.7 Å². The Hall–Kier alpha value is -1.65. The third-order valence-corrected chi connectivity index (χ3v) is 8.85. The number of carbonyl (C=O) groups is 3. The molecule has 3 saturated carbocycles. The SMILES string of the molecule is CC(=O)O[C@H]1CC[C@@]2(C)C(=CC[C@H]3[C@@H]4[C@@H](C=O)C[C@H](OC(C)=O)[C@@]4(C)CC[C@@H]32)C1. The molecule has 5 heteroatoms. The molecule has 0 amide bonds. The Bertz CT molecular complexity index is 742. The summed E-state index contributed by atoms with van der Waals surface area (Å²) in [5, 5.41) is 0. The highest BCUT2D eigenvalue weighted by Gasteiger charge is 2.62. The van der Waals surface area contributed by atoms with Gasteiger partial charge in [0.2, 0.25) is 0 Å². The number of aldehydes is 1. The average molecular weight is 403 g/mol. The van der Waals surface area contributed by atoms with Gasteiger partial charge < -0.3 is 14.3 Å². The molecule has 0 aromatic rings. The van der Waals surface area contributed by atoms with Crippen LogP contribution >= 0.6 is 0 Å². The van der Waals surface area contributed by atoms with E-state index in [0.717, 1.165) is 44.8 Å². The van der Waals surface area contributed by atoms with Crippen molar-refractivity contribution in [2.45, 2.75) is 84.8 Å². The van der Waals surface area contributed by atoms with Gasteiger partial charge in [-0.3, -0.25) is 9.59 Å². The summed E-state index contributed by atoms with van der Waals surface area (Å²) in [6.07, 6.45) is 9.86. The van der Waals surface area contributed by atoms with E-state index in [1.165, 1.54) is 19.4 Å². The van der Waals surface area contributed by atoms with Gasteiger partial charge in [0.1, 0.15) is 18.5 Å². The van der Waals surface area contributed by atoms with Crippen molar-refractivity contribution in [2.24, 2.45) is 34.5 Å². The van der Waals surface area contributed by atoms with Crippen LogP contribution in [0.4, 0.5) is 0 Å². The summed E-state index contributed by atoms with van der Waals surface area (Å²) in [5.74, 6) is 0.778. The Kier molecular flexibility index (Phi) is 5.15.